The molecule has 1 fully saturated rings. The highest BCUT2D eigenvalue weighted by atomic mass is 16.6. The molecule has 0 aromatic carbocycles. The molecule has 0 bridgehead atoms. The third-order valence-corrected chi connectivity index (χ3v) is 3.67. The summed E-state index contributed by atoms with van der Waals surface area (Å²) in [5.41, 5.74) is 0.632. The Balaban J connectivity index is 1.82. The highest BCUT2D eigenvalue weighted by molar-refractivity contribution is 5.71. The monoisotopic (exact) mass is 304 g/mol. The zero-order valence-corrected chi connectivity index (χ0v) is 13.0. The lowest BCUT2D eigenvalue weighted by Crippen LogP contribution is -2.36. The number of pyridine rings is 1. The van der Waals surface area contributed by atoms with Crippen LogP contribution in [0.15, 0.2) is 23.1 Å². The molecule has 2 aromatic heterocycles. The van der Waals surface area contributed by atoms with E-state index in [2.05, 4.69) is 9.97 Å². The largest absolute Gasteiger partial charge is 0.444 e. The minimum absolute atomic E-state index is 0.0574. The van der Waals surface area contributed by atoms with Gasteiger partial charge in [-0.1, -0.05) is 0 Å². The molecule has 0 unspecified atom stereocenters. The molecule has 1 aliphatic rings. The van der Waals surface area contributed by atoms with Gasteiger partial charge in [-0.05, 0) is 39.3 Å². The molecule has 0 spiro atoms. The van der Waals surface area contributed by atoms with Gasteiger partial charge in [-0.15, -0.1) is 0 Å². The number of carbonyl (C=O) groups is 1. The number of H-pyrrole nitrogens is 1. The number of nitrogens with zero attached hydrogens (tertiary/aromatic N) is 3. The molecule has 22 heavy (non-hydrogen) atoms. The van der Waals surface area contributed by atoms with Crippen LogP contribution in [0.1, 0.15) is 33.2 Å². The van der Waals surface area contributed by atoms with Crippen LogP contribution >= 0.6 is 0 Å². The van der Waals surface area contributed by atoms with E-state index in [1.807, 2.05) is 26.8 Å². The topological polar surface area (TPSA) is 80.2 Å². The maximum Gasteiger partial charge on any atom is 0.410 e. The Bertz CT molecular complexity index is 756. The van der Waals surface area contributed by atoms with Crippen LogP contribution in [0.4, 0.5) is 4.79 Å². The molecule has 118 valence electrons. The fourth-order valence-electron chi connectivity index (χ4n) is 2.77. The van der Waals surface area contributed by atoms with Gasteiger partial charge in [0.1, 0.15) is 5.60 Å². The highest BCUT2D eigenvalue weighted by Gasteiger charge is 2.32. The van der Waals surface area contributed by atoms with Gasteiger partial charge in [0.2, 0.25) is 0 Å². The first-order chi connectivity index (χ1) is 10.3. The van der Waals surface area contributed by atoms with E-state index in [0.29, 0.717) is 18.7 Å². The van der Waals surface area contributed by atoms with Gasteiger partial charge in [0.25, 0.3) is 0 Å². The number of aromatic nitrogens is 3. The number of aromatic amines is 1. The van der Waals surface area contributed by atoms with Gasteiger partial charge in [0.05, 0.1) is 11.6 Å². The molecule has 0 saturated carbocycles. The molecule has 1 N–H and O–H groups in total. The Morgan fingerprint density at radius 3 is 2.95 bits per heavy atom. The summed E-state index contributed by atoms with van der Waals surface area (Å²) in [6.45, 7) is 6.58. The summed E-state index contributed by atoms with van der Waals surface area (Å²) in [4.78, 5) is 32.8. The van der Waals surface area contributed by atoms with Gasteiger partial charge in [0.15, 0.2) is 5.65 Å². The van der Waals surface area contributed by atoms with E-state index in [4.69, 9.17) is 4.74 Å². The molecule has 3 heterocycles. The Morgan fingerprint density at radius 1 is 1.45 bits per heavy atom. The number of amides is 1. The summed E-state index contributed by atoms with van der Waals surface area (Å²) in [5, 5.41) is 0. The SMILES string of the molecule is CC(C)(C)OC(=O)N1CC[C@H](n2c(=O)[nH]c3ncccc32)C1. The van der Waals surface area contributed by atoms with Crippen molar-refractivity contribution in [3.8, 4) is 0 Å². The Morgan fingerprint density at radius 2 is 2.23 bits per heavy atom. The van der Waals surface area contributed by atoms with Gasteiger partial charge < -0.3 is 9.64 Å². The van der Waals surface area contributed by atoms with Gasteiger partial charge in [-0.3, -0.25) is 9.55 Å². The van der Waals surface area contributed by atoms with E-state index >= 15 is 0 Å². The summed E-state index contributed by atoms with van der Waals surface area (Å²) in [6, 6.07) is 3.60. The van der Waals surface area contributed by atoms with Gasteiger partial charge in [0, 0.05) is 19.3 Å². The summed E-state index contributed by atoms with van der Waals surface area (Å²) >= 11 is 0. The van der Waals surface area contributed by atoms with Crippen molar-refractivity contribution >= 4 is 17.3 Å². The first-order valence-corrected chi connectivity index (χ1v) is 7.38. The van der Waals surface area contributed by atoms with Crippen molar-refractivity contribution in [2.75, 3.05) is 13.1 Å². The zero-order chi connectivity index (χ0) is 15.9. The van der Waals surface area contributed by atoms with E-state index in [1.165, 1.54) is 0 Å². The van der Waals surface area contributed by atoms with E-state index < -0.39 is 5.60 Å². The van der Waals surface area contributed by atoms with E-state index in [1.54, 1.807) is 21.7 Å². The van der Waals surface area contributed by atoms with Gasteiger partial charge in [-0.25, -0.2) is 14.6 Å². The van der Waals surface area contributed by atoms with Gasteiger partial charge >= 0.3 is 11.8 Å². The molecule has 7 nitrogen and oxygen atoms in total. The van der Waals surface area contributed by atoms with E-state index in [0.717, 1.165) is 11.9 Å². The Hall–Kier alpha value is -2.31. The second-order valence-corrected chi connectivity index (χ2v) is 6.54. The number of likely N-dealkylation sites (tertiary alicyclic amines) is 1. The molecule has 1 amide bonds. The minimum atomic E-state index is -0.517. The van der Waals surface area contributed by atoms with E-state index in [-0.39, 0.29) is 17.8 Å². The highest BCUT2D eigenvalue weighted by Crippen LogP contribution is 2.24. The number of hydrogen-bond acceptors (Lipinski definition) is 4. The second kappa shape index (κ2) is 5.15. The first kappa shape index (κ1) is 14.6. The van der Waals surface area contributed by atoms with Crippen LogP contribution in [-0.2, 0) is 4.74 Å². The molecule has 2 aromatic rings. The van der Waals surface area contributed by atoms with Crippen LogP contribution in [0.25, 0.3) is 11.2 Å². The van der Waals surface area contributed by atoms with Crippen molar-refractivity contribution < 1.29 is 9.53 Å². The van der Waals surface area contributed by atoms with Crippen LogP contribution in [0.5, 0.6) is 0 Å². The van der Waals surface area contributed by atoms with Crippen LogP contribution in [0, 0.1) is 0 Å². The smallest absolute Gasteiger partial charge is 0.410 e. The number of fused-ring (bicyclic) bond motifs is 1. The van der Waals surface area contributed by atoms with Crippen molar-refractivity contribution in [1.29, 1.82) is 0 Å². The van der Waals surface area contributed by atoms with Crippen molar-refractivity contribution in [3.05, 3.63) is 28.8 Å². The maximum atomic E-state index is 12.2. The number of nitrogens with one attached hydrogen (secondary N) is 1. The van der Waals surface area contributed by atoms with Crippen LogP contribution in [0.3, 0.4) is 0 Å². The maximum absolute atomic E-state index is 12.2. The molecular formula is C15H20N4O3. The van der Waals surface area contributed by atoms with Crippen LogP contribution < -0.4 is 5.69 Å². The summed E-state index contributed by atoms with van der Waals surface area (Å²) in [5.74, 6) is 0. The van der Waals surface area contributed by atoms with Crippen molar-refractivity contribution in [1.82, 2.24) is 19.4 Å². The zero-order valence-electron chi connectivity index (χ0n) is 13.0. The fraction of sp³-hybridized carbons (Fsp3) is 0.533. The molecule has 1 atom stereocenters. The first-order valence-electron chi connectivity index (χ1n) is 7.38. The fourth-order valence-corrected chi connectivity index (χ4v) is 2.77. The van der Waals surface area contributed by atoms with Gasteiger partial charge in [-0.2, -0.15) is 0 Å². The number of hydrogen-bond donors (Lipinski definition) is 1. The van der Waals surface area contributed by atoms with Crippen molar-refractivity contribution in [3.63, 3.8) is 0 Å². The predicted octanol–water partition coefficient (Wildman–Crippen LogP) is 1.91. The third-order valence-electron chi connectivity index (χ3n) is 3.67. The Labute approximate surface area is 127 Å². The number of rotatable bonds is 1. The molecule has 0 aliphatic carbocycles. The van der Waals surface area contributed by atoms with Crippen LogP contribution in [-0.4, -0.2) is 44.2 Å². The lowest BCUT2D eigenvalue weighted by molar-refractivity contribution is 0.0289. The molecular weight excluding hydrogens is 284 g/mol. The third kappa shape index (κ3) is 2.70. The molecule has 1 aliphatic heterocycles. The summed E-state index contributed by atoms with van der Waals surface area (Å²) in [7, 11) is 0. The normalized spacial score (nSPS) is 18.9. The number of ether oxygens (including phenoxy) is 1. The lowest BCUT2D eigenvalue weighted by atomic mass is 10.2. The van der Waals surface area contributed by atoms with Crippen molar-refractivity contribution in [2.45, 2.75) is 38.8 Å². The quantitative estimate of drug-likeness (QED) is 0.872. The molecule has 1 saturated heterocycles. The van der Waals surface area contributed by atoms with E-state index in [9.17, 15) is 9.59 Å². The number of carbonyl (C=O) groups excluding carboxylic acids is 1. The standard InChI is InChI=1S/C15H20N4O3/c1-15(2,3)22-14(21)18-8-6-10(9-18)19-11-5-4-7-16-12(11)17-13(19)20/h4-5,7,10H,6,8-9H2,1-3H3,(H,16,17,20)/t10-/m0/s1. The predicted molar refractivity (Wildman–Crippen MR) is 81.8 cm³/mol. The Kier molecular flexibility index (Phi) is 3.42. The summed E-state index contributed by atoms with van der Waals surface area (Å²) < 4.78 is 7.07. The lowest BCUT2D eigenvalue weighted by Gasteiger charge is -2.24. The molecule has 0 radical (unpaired) electrons. The van der Waals surface area contributed by atoms with Crippen LogP contribution in [0.2, 0.25) is 0 Å². The average molecular weight is 304 g/mol. The van der Waals surface area contributed by atoms with Crippen molar-refractivity contribution in [2.24, 2.45) is 0 Å². The molecule has 7 heteroatoms. The minimum Gasteiger partial charge on any atom is -0.444 e. The average Bonchev–Trinajstić information content (AvgIpc) is 2.99. The number of imidazole rings is 1. The molecule has 3 rings (SSSR count). The second-order valence-electron chi connectivity index (χ2n) is 6.54. The summed E-state index contributed by atoms with van der Waals surface area (Å²) in [6.07, 6.45) is 2.03.